The molecule has 3 aliphatic carbocycles. The molecule has 0 heterocycles. The summed E-state index contributed by atoms with van der Waals surface area (Å²) >= 11 is 0. The van der Waals surface area contributed by atoms with E-state index in [0.717, 1.165) is 25.7 Å². The zero-order valence-electron chi connectivity index (χ0n) is 10.4. The van der Waals surface area contributed by atoms with Gasteiger partial charge >= 0.3 is 0 Å². The summed E-state index contributed by atoms with van der Waals surface area (Å²) in [5.41, 5.74) is 3.08. The molecule has 0 unspecified atom stereocenters. The van der Waals surface area contributed by atoms with Gasteiger partial charge in [-0.15, -0.1) is 0 Å². The molecule has 0 aliphatic heterocycles. The van der Waals surface area contributed by atoms with Gasteiger partial charge in [0.25, 0.3) is 0 Å². The molecule has 0 spiro atoms. The lowest BCUT2D eigenvalue weighted by Crippen LogP contribution is -2.66. The highest BCUT2D eigenvalue weighted by Crippen LogP contribution is 2.74. The first-order chi connectivity index (χ1) is 8.38. The second-order valence-corrected chi connectivity index (χ2v) is 8.78. The second kappa shape index (κ2) is 3.73. The van der Waals surface area contributed by atoms with E-state index in [0.29, 0.717) is 0 Å². The molecule has 4 heteroatoms. The molecule has 0 amide bonds. The lowest BCUT2D eigenvalue weighted by atomic mass is 9.34. The molecule has 3 aliphatic rings. The number of halogens is 1. The Morgan fingerprint density at radius 2 is 1.83 bits per heavy atom. The minimum atomic E-state index is -3.36. The van der Waals surface area contributed by atoms with Crippen LogP contribution in [0.1, 0.15) is 37.3 Å². The highest BCUT2D eigenvalue weighted by molar-refractivity contribution is 8.13. The molecule has 2 bridgehead atoms. The second-order valence-electron chi connectivity index (χ2n) is 6.00. The van der Waals surface area contributed by atoms with Crippen LogP contribution in [0, 0.1) is 5.41 Å². The molecule has 3 saturated carbocycles. The van der Waals surface area contributed by atoms with Crippen LogP contribution in [0.2, 0.25) is 0 Å². The van der Waals surface area contributed by atoms with Gasteiger partial charge in [0.2, 0.25) is 9.05 Å². The molecule has 18 heavy (non-hydrogen) atoms. The quantitative estimate of drug-likeness (QED) is 0.796. The molecule has 4 rings (SSSR count). The zero-order valence-corrected chi connectivity index (χ0v) is 12.0. The summed E-state index contributed by atoms with van der Waals surface area (Å²) in [4.78, 5) is 0. The van der Waals surface area contributed by atoms with Crippen LogP contribution in [0.3, 0.4) is 0 Å². The first-order valence-corrected chi connectivity index (χ1v) is 8.87. The van der Waals surface area contributed by atoms with E-state index in [2.05, 4.69) is 31.2 Å². The van der Waals surface area contributed by atoms with Gasteiger partial charge in [-0.2, -0.15) is 0 Å². The van der Waals surface area contributed by atoms with E-state index in [1.165, 1.54) is 11.1 Å². The van der Waals surface area contributed by atoms with Crippen LogP contribution in [0.4, 0.5) is 0 Å². The Kier molecular flexibility index (Phi) is 2.59. The fraction of sp³-hybridized carbons (Fsp3) is 0.571. The van der Waals surface area contributed by atoms with Crippen LogP contribution in [0.5, 0.6) is 0 Å². The van der Waals surface area contributed by atoms with Crippen LogP contribution in [0.15, 0.2) is 24.3 Å². The standard InChI is InChI=1S/C14H17ClO2S/c1-2-11-5-3-4-6-12(11)14-7-13(8-14,9-14)10-18(15,16)17/h3-6H,2,7-10H2,1H3. The maximum atomic E-state index is 11.2. The fourth-order valence-electron chi connectivity index (χ4n) is 4.15. The molecule has 3 fully saturated rings. The van der Waals surface area contributed by atoms with Crippen molar-refractivity contribution in [2.45, 2.75) is 38.0 Å². The zero-order chi connectivity index (χ0) is 13.0. The highest BCUT2D eigenvalue weighted by atomic mass is 35.7. The molecule has 0 N–H and O–H groups in total. The summed E-state index contributed by atoms with van der Waals surface area (Å²) in [5, 5.41) is 0. The Balaban J connectivity index is 1.80. The van der Waals surface area contributed by atoms with Crippen LogP contribution in [-0.4, -0.2) is 14.2 Å². The Bertz CT molecular complexity index is 572. The number of rotatable bonds is 4. The topological polar surface area (TPSA) is 34.1 Å². The SMILES string of the molecule is CCc1ccccc1C12CC(CS(=O)(=O)Cl)(C1)C2. The molecule has 0 aromatic heterocycles. The van der Waals surface area contributed by atoms with Gasteiger partial charge in [-0.05, 0) is 47.6 Å². The average Bonchev–Trinajstić information content (AvgIpc) is 2.20. The molecular weight excluding hydrogens is 268 g/mol. The molecule has 1 aromatic carbocycles. The largest absolute Gasteiger partial charge is 0.233 e. The minimum Gasteiger partial charge on any atom is -0.212 e. The van der Waals surface area contributed by atoms with E-state index in [4.69, 9.17) is 10.7 Å². The molecule has 0 atom stereocenters. The molecule has 1 aromatic rings. The van der Waals surface area contributed by atoms with E-state index in [9.17, 15) is 8.42 Å². The van der Waals surface area contributed by atoms with Crippen molar-refractivity contribution in [1.29, 1.82) is 0 Å². The molecular formula is C14H17ClO2S. The minimum absolute atomic E-state index is 0.0125. The highest BCUT2D eigenvalue weighted by Gasteiger charge is 2.69. The van der Waals surface area contributed by atoms with Crippen LogP contribution < -0.4 is 0 Å². The van der Waals surface area contributed by atoms with E-state index >= 15 is 0 Å². The first kappa shape index (κ1) is 12.5. The summed E-state index contributed by atoms with van der Waals surface area (Å²) in [6.45, 7) is 2.17. The number of benzene rings is 1. The van der Waals surface area contributed by atoms with Gasteiger partial charge in [0.1, 0.15) is 0 Å². The Morgan fingerprint density at radius 1 is 1.22 bits per heavy atom. The Labute approximate surface area is 113 Å². The van der Waals surface area contributed by atoms with Gasteiger partial charge < -0.3 is 0 Å². The number of aryl methyl sites for hydroxylation is 1. The smallest absolute Gasteiger partial charge is 0.212 e. The van der Waals surface area contributed by atoms with Crippen molar-refractivity contribution in [3.05, 3.63) is 35.4 Å². The van der Waals surface area contributed by atoms with Gasteiger partial charge in [-0.1, -0.05) is 31.2 Å². The van der Waals surface area contributed by atoms with E-state index in [1.807, 2.05) is 0 Å². The Morgan fingerprint density at radius 3 is 2.39 bits per heavy atom. The van der Waals surface area contributed by atoms with Gasteiger partial charge in [0.15, 0.2) is 0 Å². The third-order valence-electron chi connectivity index (χ3n) is 4.59. The number of hydrogen-bond donors (Lipinski definition) is 0. The normalized spacial score (nSPS) is 33.7. The van der Waals surface area contributed by atoms with E-state index in [1.54, 1.807) is 0 Å². The average molecular weight is 285 g/mol. The van der Waals surface area contributed by atoms with E-state index in [-0.39, 0.29) is 16.6 Å². The van der Waals surface area contributed by atoms with Gasteiger partial charge in [0.05, 0.1) is 5.75 Å². The summed E-state index contributed by atoms with van der Waals surface area (Å²) in [6, 6.07) is 8.55. The fourth-order valence-corrected chi connectivity index (χ4v) is 5.88. The van der Waals surface area contributed by atoms with Crippen molar-refractivity contribution in [3.8, 4) is 0 Å². The molecule has 0 radical (unpaired) electrons. The van der Waals surface area contributed by atoms with E-state index < -0.39 is 9.05 Å². The third-order valence-corrected chi connectivity index (χ3v) is 5.87. The monoisotopic (exact) mass is 284 g/mol. The predicted octanol–water partition coefficient (Wildman–Crippen LogP) is 3.24. The number of hydrogen-bond acceptors (Lipinski definition) is 2. The maximum Gasteiger partial charge on any atom is 0.233 e. The van der Waals surface area contributed by atoms with Crippen molar-refractivity contribution in [2.75, 3.05) is 5.75 Å². The summed E-state index contributed by atoms with van der Waals surface area (Å²) in [6.07, 6.45) is 4.01. The molecule has 98 valence electrons. The van der Waals surface area contributed by atoms with Crippen molar-refractivity contribution in [1.82, 2.24) is 0 Å². The molecule has 2 nitrogen and oxygen atoms in total. The van der Waals surface area contributed by atoms with Gasteiger partial charge in [-0.25, -0.2) is 8.42 Å². The third kappa shape index (κ3) is 1.79. The summed E-state index contributed by atoms with van der Waals surface area (Å²) < 4.78 is 22.4. The summed E-state index contributed by atoms with van der Waals surface area (Å²) in [7, 11) is 2.02. The molecule has 0 saturated heterocycles. The van der Waals surface area contributed by atoms with Crippen LogP contribution >= 0.6 is 10.7 Å². The van der Waals surface area contributed by atoms with Gasteiger partial charge in [0, 0.05) is 10.7 Å². The van der Waals surface area contributed by atoms with Crippen LogP contribution in [0.25, 0.3) is 0 Å². The van der Waals surface area contributed by atoms with Gasteiger partial charge in [-0.3, -0.25) is 0 Å². The van der Waals surface area contributed by atoms with Crippen molar-refractivity contribution < 1.29 is 8.42 Å². The van der Waals surface area contributed by atoms with Crippen molar-refractivity contribution in [3.63, 3.8) is 0 Å². The first-order valence-electron chi connectivity index (χ1n) is 6.39. The van der Waals surface area contributed by atoms with Crippen molar-refractivity contribution >= 4 is 19.7 Å². The lowest BCUT2D eigenvalue weighted by molar-refractivity contribution is -0.122. The lowest BCUT2D eigenvalue weighted by Gasteiger charge is -2.71. The summed E-state index contributed by atoms with van der Waals surface area (Å²) in [5.74, 6) is 0.150. The Hall–Kier alpha value is -0.540. The van der Waals surface area contributed by atoms with Crippen molar-refractivity contribution in [2.24, 2.45) is 5.41 Å². The maximum absolute atomic E-state index is 11.2. The van der Waals surface area contributed by atoms with Crippen LogP contribution in [-0.2, 0) is 20.9 Å². The predicted molar refractivity (Wildman–Crippen MR) is 73.4 cm³/mol.